The summed E-state index contributed by atoms with van der Waals surface area (Å²) in [5.41, 5.74) is 1.11. The van der Waals surface area contributed by atoms with Crippen molar-refractivity contribution in [3.05, 3.63) is 39.4 Å². The molecule has 0 aromatic heterocycles. The van der Waals surface area contributed by atoms with Crippen LogP contribution in [0.2, 0.25) is 0 Å². The van der Waals surface area contributed by atoms with Crippen molar-refractivity contribution in [1.82, 2.24) is 5.32 Å². The van der Waals surface area contributed by atoms with E-state index in [2.05, 4.69) is 5.32 Å². The molecular formula is C18H22N2O3. The lowest BCUT2D eigenvalue weighted by molar-refractivity contribution is -0.385. The number of nitro benzene ring substituents is 1. The molecule has 1 amide bonds. The number of rotatable bonds is 3. The minimum absolute atomic E-state index is 0.0263. The van der Waals surface area contributed by atoms with E-state index in [9.17, 15) is 14.9 Å². The van der Waals surface area contributed by atoms with Crippen molar-refractivity contribution >= 4 is 11.6 Å². The number of aryl methyl sites for hydroxylation is 1. The number of benzene rings is 1. The molecule has 0 atom stereocenters. The lowest BCUT2D eigenvalue weighted by Crippen LogP contribution is -2.59. The quantitative estimate of drug-likeness (QED) is 0.684. The summed E-state index contributed by atoms with van der Waals surface area (Å²) >= 11 is 0. The van der Waals surface area contributed by atoms with E-state index in [0.717, 1.165) is 37.0 Å². The van der Waals surface area contributed by atoms with E-state index in [0.29, 0.717) is 11.1 Å². The summed E-state index contributed by atoms with van der Waals surface area (Å²) in [6, 6.07) is 4.64. The van der Waals surface area contributed by atoms with Gasteiger partial charge in [-0.25, -0.2) is 0 Å². The van der Waals surface area contributed by atoms with Crippen molar-refractivity contribution in [1.29, 1.82) is 0 Å². The Bertz CT molecular complexity index is 648. The van der Waals surface area contributed by atoms with Crippen LogP contribution >= 0.6 is 0 Å². The van der Waals surface area contributed by atoms with Crippen molar-refractivity contribution in [2.75, 3.05) is 0 Å². The van der Waals surface area contributed by atoms with Crippen LogP contribution in [0.4, 0.5) is 5.69 Å². The average molecular weight is 314 g/mol. The maximum absolute atomic E-state index is 12.7. The third-order valence-corrected chi connectivity index (χ3v) is 6.07. The molecule has 4 bridgehead atoms. The number of carbonyl (C=O) groups is 1. The maximum atomic E-state index is 12.7. The van der Waals surface area contributed by atoms with Crippen LogP contribution in [0.1, 0.15) is 54.4 Å². The van der Waals surface area contributed by atoms with Gasteiger partial charge in [-0.1, -0.05) is 0 Å². The molecule has 4 aliphatic carbocycles. The fourth-order valence-electron chi connectivity index (χ4n) is 5.58. The Labute approximate surface area is 135 Å². The Morgan fingerprint density at radius 2 is 1.74 bits per heavy atom. The first-order chi connectivity index (χ1) is 10.9. The zero-order valence-electron chi connectivity index (χ0n) is 13.4. The molecule has 4 saturated carbocycles. The lowest BCUT2D eigenvalue weighted by Gasteiger charge is -2.56. The number of carbonyl (C=O) groups excluding carboxylic acids is 1. The van der Waals surface area contributed by atoms with Gasteiger partial charge in [0.15, 0.2) is 0 Å². The second-order valence-electron chi connectivity index (χ2n) is 7.91. The molecule has 0 spiro atoms. The molecule has 0 saturated heterocycles. The molecule has 1 aromatic carbocycles. The minimum Gasteiger partial charge on any atom is -0.347 e. The van der Waals surface area contributed by atoms with Crippen LogP contribution in [0.15, 0.2) is 18.2 Å². The third kappa shape index (κ3) is 2.52. The van der Waals surface area contributed by atoms with Gasteiger partial charge in [-0.3, -0.25) is 14.9 Å². The lowest BCUT2D eigenvalue weighted by atomic mass is 9.53. The van der Waals surface area contributed by atoms with Gasteiger partial charge < -0.3 is 5.32 Å². The highest BCUT2D eigenvalue weighted by Crippen LogP contribution is 2.55. The van der Waals surface area contributed by atoms with Crippen LogP contribution in [-0.4, -0.2) is 16.4 Å². The molecule has 122 valence electrons. The second kappa shape index (κ2) is 5.05. The molecule has 5 rings (SSSR count). The highest BCUT2D eigenvalue weighted by atomic mass is 16.6. The Kier molecular flexibility index (Phi) is 3.22. The van der Waals surface area contributed by atoms with Gasteiger partial charge >= 0.3 is 0 Å². The molecule has 23 heavy (non-hydrogen) atoms. The monoisotopic (exact) mass is 314 g/mol. The predicted octanol–water partition coefficient (Wildman–Crippen LogP) is 3.60. The van der Waals surface area contributed by atoms with Gasteiger partial charge in [-0.2, -0.15) is 0 Å². The van der Waals surface area contributed by atoms with Crippen LogP contribution in [0.3, 0.4) is 0 Å². The maximum Gasteiger partial charge on any atom is 0.272 e. The first-order valence-electron chi connectivity index (χ1n) is 8.52. The number of hydrogen-bond donors (Lipinski definition) is 1. The van der Waals surface area contributed by atoms with Crippen LogP contribution < -0.4 is 5.32 Å². The summed E-state index contributed by atoms with van der Waals surface area (Å²) < 4.78 is 0. The average Bonchev–Trinajstić information content (AvgIpc) is 2.44. The number of amides is 1. The summed E-state index contributed by atoms with van der Waals surface area (Å²) in [5.74, 6) is 2.25. The van der Waals surface area contributed by atoms with Gasteiger partial charge in [0.25, 0.3) is 11.6 Å². The van der Waals surface area contributed by atoms with Crippen LogP contribution in [0.5, 0.6) is 0 Å². The van der Waals surface area contributed by atoms with E-state index in [1.807, 2.05) is 0 Å². The van der Waals surface area contributed by atoms with Crippen molar-refractivity contribution in [3.63, 3.8) is 0 Å². The van der Waals surface area contributed by atoms with E-state index in [4.69, 9.17) is 0 Å². The van der Waals surface area contributed by atoms with Gasteiger partial charge in [0.2, 0.25) is 0 Å². The SMILES string of the molecule is Cc1cc(C(=O)NC23CC4CC(CC(C4)C2)C3)ccc1[N+](=O)[O-]. The smallest absolute Gasteiger partial charge is 0.272 e. The van der Waals surface area contributed by atoms with E-state index in [1.165, 1.54) is 25.3 Å². The van der Waals surface area contributed by atoms with Crippen LogP contribution in [0.25, 0.3) is 0 Å². The van der Waals surface area contributed by atoms with E-state index in [1.54, 1.807) is 19.1 Å². The fraction of sp³-hybridized carbons (Fsp3) is 0.611. The second-order valence-corrected chi connectivity index (χ2v) is 7.91. The molecular weight excluding hydrogens is 292 g/mol. The van der Waals surface area contributed by atoms with Crippen molar-refractivity contribution in [2.45, 2.75) is 51.0 Å². The molecule has 0 aliphatic heterocycles. The predicted molar refractivity (Wildman–Crippen MR) is 86.2 cm³/mol. The number of nitrogens with zero attached hydrogens (tertiary/aromatic N) is 1. The molecule has 5 nitrogen and oxygen atoms in total. The van der Waals surface area contributed by atoms with Gasteiger partial charge in [0.05, 0.1) is 4.92 Å². The molecule has 0 unspecified atom stereocenters. The molecule has 1 N–H and O–H groups in total. The number of hydrogen-bond acceptors (Lipinski definition) is 3. The number of nitrogens with one attached hydrogen (secondary N) is 1. The summed E-state index contributed by atoms with van der Waals surface area (Å²) in [5, 5.41) is 14.2. The van der Waals surface area contributed by atoms with Crippen molar-refractivity contribution in [2.24, 2.45) is 17.8 Å². The highest BCUT2D eigenvalue weighted by Gasteiger charge is 2.51. The van der Waals surface area contributed by atoms with Gasteiger partial charge in [0.1, 0.15) is 0 Å². The summed E-state index contributed by atoms with van der Waals surface area (Å²) in [4.78, 5) is 23.2. The first kappa shape index (κ1) is 14.7. The zero-order chi connectivity index (χ0) is 16.2. The van der Waals surface area contributed by atoms with Gasteiger partial charge in [-0.15, -0.1) is 0 Å². The summed E-state index contributed by atoms with van der Waals surface area (Å²) in [6.07, 6.45) is 7.34. The zero-order valence-corrected chi connectivity index (χ0v) is 13.4. The summed E-state index contributed by atoms with van der Waals surface area (Å²) in [6.45, 7) is 1.68. The minimum atomic E-state index is -0.407. The van der Waals surface area contributed by atoms with E-state index >= 15 is 0 Å². The van der Waals surface area contributed by atoms with E-state index in [-0.39, 0.29) is 17.1 Å². The van der Waals surface area contributed by atoms with Crippen molar-refractivity contribution in [3.8, 4) is 0 Å². The number of nitro groups is 1. The standard InChI is InChI=1S/C18H22N2O3/c1-11-4-15(2-3-16(11)20(22)23)17(21)19-18-8-12-5-13(9-18)7-14(6-12)10-18/h2-4,12-14H,5-10H2,1H3,(H,19,21). The Balaban J connectivity index is 1.54. The molecule has 4 aliphatic rings. The van der Waals surface area contributed by atoms with Crippen molar-refractivity contribution < 1.29 is 9.72 Å². The first-order valence-corrected chi connectivity index (χ1v) is 8.52. The van der Waals surface area contributed by atoms with Crippen LogP contribution in [-0.2, 0) is 0 Å². The molecule has 0 radical (unpaired) electrons. The third-order valence-electron chi connectivity index (χ3n) is 6.07. The largest absolute Gasteiger partial charge is 0.347 e. The molecule has 1 aromatic rings. The molecule has 5 heteroatoms. The molecule has 4 fully saturated rings. The Morgan fingerprint density at radius 1 is 1.17 bits per heavy atom. The van der Waals surface area contributed by atoms with Gasteiger partial charge in [0, 0.05) is 22.7 Å². The highest BCUT2D eigenvalue weighted by molar-refractivity contribution is 5.95. The topological polar surface area (TPSA) is 72.2 Å². The fourth-order valence-corrected chi connectivity index (χ4v) is 5.58. The van der Waals surface area contributed by atoms with Gasteiger partial charge in [-0.05, 0) is 75.3 Å². The molecule has 0 heterocycles. The summed E-state index contributed by atoms with van der Waals surface area (Å²) in [7, 11) is 0. The normalized spacial score (nSPS) is 34.4. The van der Waals surface area contributed by atoms with E-state index < -0.39 is 4.92 Å². The Hall–Kier alpha value is -1.91. The van der Waals surface area contributed by atoms with Crippen LogP contribution in [0, 0.1) is 34.8 Å². The Morgan fingerprint density at radius 3 is 2.22 bits per heavy atom.